The predicted molar refractivity (Wildman–Crippen MR) is 118 cm³/mol. The zero-order valence-corrected chi connectivity index (χ0v) is 18.1. The number of hydrogen-bond donors (Lipinski definition) is 1. The number of piperidine rings is 1. The molecule has 0 spiro atoms. The molecule has 8 heteroatoms. The summed E-state index contributed by atoms with van der Waals surface area (Å²) in [5.41, 5.74) is 1.99. The molecule has 1 aliphatic rings. The van der Waals surface area contributed by atoms with Crippen LogP contribution in [-0.2, 0) is 6.61 Å². The number of halogens is 2. The summed E-state index contributed by atoms with van der Waals surface area (Å²) < 4.78 is 5.87. The number of anilines is 1. The first-order valence-electron chi connectivity index (χ1n) is 9.83. The van der Waals surface area contributed by atoms with Crippen LogP contribution in [0.25, 0.3) is 11.3 Å². The van der Waals surface area contributed by atoms with Crippen LogP contribution >= 0.6 is 23.2 Å². The molecule has 4 rings (SSSR count). The fraction of sp³-hybridized carbons (Fsp3) is 0.318. The van der Waals surface area contributed by atoms with Gasteiger partial charge in [-0.2, -0.15) is 0 Å². The molecular formula is C22H22Cl2N4O2. The summed E-state index contributed by atoms with van der Waals surface area (Å²) in [6.45, 7) is 4.05. The molecule has 30 heavy (non-hydrogen) atoms. The van der Waals surface area contributed by atoms with Gasteiger partial charge in [0.05, 0.1) is 24.7 Å². The number of nitrogens with zero attached hydrogens (tertiary/aromatic N) is 4. The number of aromatic nitrogens is 3. The maximum Gasteiger partial charge on any atom is 0.225 e. The zero-order valence-electron chi connectivity index (χ0n) is 16.6. The van der Waals surface area contributed by atoms with E-state index in [1.165, 1.54) is 0 Å². The second-order valence-electron chi connectivity index (χ2n) is 7.51. The molecule has 1 aliphatic heterocycles. The molecule has 0 atom stereocenters. The van der Waals surface area contributed by atoms with Crippen LogP contribution in [0.1, 0.15) is 25.3 Å². The average molecular weight is 445 g/mol. The summed E-state index contributed by atoms with van der Waals surface area (Å²) >= 11 is 12.2. The lowest BCUT2D eigenvalue weighted by Gasteiger charge is -2.30. The van der Waals surface area contributed by atoms with E-state index in [-0.39, 0.29) is 6.61 Å². The molecule has 1 saturated heterocycles. The van der Waals surface area contributed by atoms with Crippen molar-refractivity contribution in [3.63, 3.8) is 0 Å². The van der Waals surface area contributed by atoms with Crippen LogP contribution in [-0.4, -0.2) is 33.1 Å². The van der Waals surface area contributed by atoms with Crippen LogP contribution in [0, 0.1) is 5.92 Å². The smallest absolute Gasteiger partial charge is 0.225 e. The minimum Gasteiger partial charge on any atom is -0.436 e. The second-order valence-corrected chi connectivity index (χ2v) is 8.38. The normalized spacial score (nSPS) is 14.7. The van der Waals surface area contributed by atoms with E-state index in [0.717, 1.165) is 37.4 Å². The number of rotatable bonds is 5. The highest BCUT2D eigenvalue weighted by atomic mass is 35.5. The van der Waals surface area contributed by atoms with Crippen LogP contribution in [0.4, 0.5) is 5.95 Å². The summed E-state index contributed by atoms with van der Waals surface area (Å²) in [6.07, 6.45) is 5.58. The van der Waals surface area contributed by atoms with E-state index < -0.39 is 0 Å². The lowest BCUT2D eigenvalue weighted by atomic mass is 10.00. The van der Waals surface area contributed by atoms with E-state index in [1.807, 2.05) is 0 Å². The van der Waals surface area contributed by atoms with Gasteiger partial charge < -0.3 is 14.7 Å². The Morgan fingerprint density at radius 3 is 2.33 bits per heavy atom. The summed E-state index contributed by atoms with van der Waals surface area (Å²) in [7, 11) is 0. The van der Waals surface area contributed by atoms with Gasteiger partial charge in [0.15, 0.2) is 5.75 Å². The van der Waals surface area contributed by atoms with Crippen molar-refractivity contribution in [3.8, 4) is 22.9 Å². The summed E-state index contributed by atoms with van der Waals surface area (Å²) in [6, 6.07) is 8.62. The third-order valence-electron chi connectivity index (χ3n) is 5.11. The minimum atomic E-state index is -0.150. The molecule has 1 aromatic carbocycles. The highest BCUT2D eigenvalue weighted by Crippen LogP contribution is 2.30. The third kappa shape index (κ3) is 5.01. The third-order valence-corrected chi connectivity index (χ3v) is 5.54. The molecule has 3 aromatic rings. The van der Waals surface area contributed by atoms with E-state index in [2.05, 4.69) is 26.8 Å². The van der Waals surface area contributed by atoms with E-state index in [9.17, 15) is 5.11 Å². The molecule has 1 N–H and O–H groups in total. The number of hydrogen-bond acceptors (Lipinski definition) is 6. The van der Waals surface area contributed by atoms with E-state index in [4.69, 9.17) is 27.9 Å². The van der Waals surface area contributed by atoms with Crippen LogP contribution in [0.2, 0.25) is 10.0 Å². The Bertz CT molecular complexity index is 1000. The van der Waals surface area contributed by atoms with Crippen molar-refractivity contribution >= 4 is 29.2 Å². The maximum absolute atomic E-state index is 9.64. The Labute approximate surface area is 185 Å². The largest absolute Gasteiger partial charge is 0.436 e. The van der Waals surface area contributed by atoms with E-state index in [0.29, 0.717) is 38.9 Å². The number of aliphatic hydroxyl groups is 1. The summed E-state index contributed by atoms with van der Waals surface area (Å²) in [5, 5.41) is 10.7. The maximum atomic E-state index is 9.64. The fourth-order valence-corrected chi connectivity index (χ4v) is 3.93. The highest BCUT2D eigenvalue weighted by Gasteiger charge is 2.18. The molecule has 0 unspecified atom stereocenters. The Kier molecular flexibility index (Phi) is 6.37. The van der Waals surface area contributed by atoms with Crippen molar-refractivity contribution in [2.45, 2.75) is 26.4 Å². The second kappa shape index (κ2) is 9.16. The number of benzene rings is 1. The van der Waals surface area contributed by atoms with Gasteiger partial charge in [0.25, 0.3) is 0 Å². The van der Waals surface area contributed by atoms with Gasteiger partial charge in [-0.3, -0.25) is 0 Å². The van der Waals surface area contributed by atoms with Gasteiger partial charge in [-0.1, -0.05) is 30.1 Å². The molecule has 0 aliphatic carbocycles. The molecule has 0 saturated carbocycles. The van der Waals surface area contributed by atoms with Crippen LogP contribution < -0.4 is 9.64 Å². The van der Waals surface area contributed by atoms with Gasteiger partial charge in [0.2, 0.25) is 11.8 Å². The molecule has 0 radical (unpaired) electrons. The quantitative estimate of drug-likeness (QED) is 0.570. The lowest BCUT2D eigenvalue weighted by Crippen LogP contribution is -2.33. The van der Waals surface area contributed by atoms with Crippen LogP contribution in [0.5, 0.6) is 11.6 Å². The number of pyridine rings is 1. The average Bonchev–Trinajstić information content (AvgIpc) is 2.74. The SMILES string of the molecule is CC1CCN(c2ncc(Oc3cc(CO)cc(-c4cc(Cl)cc(Cl)c4)n3)cn2)CC1. The van der Waals surface area contributed by atoms with E-state index >= 15 is 0 Å². The van der Waals surface area contributed by atoms with Crippen molar-refractivity contribution in [2.75, 3.05) is 18.0 Å². The molecule has 6 nitrogen and oxygen atoms in total. The van der Waals surface area contributed by atoms with Gasteiger partial charge in [-0.15, -0.1) is 0 Å². The van der Waals surface area contributed by atoms with Gasteiger partial charge in [0, 0.05) is 34.8 Å². The number of aliphatic hydroxyl groups excluding tert-OH is 1. The molecule has 0 bridgehead atoms. The minimum absolute atomic E-state index is 0.150. The highest BCUT2D eigenvalue weighted by molar-refractivity contribution is 6.35. The molecule has 2 aromatic heterocycles. The predicted octanol–water partition coefficient (Wildman–Crippen LogP) is 5.37. The summed E-state index contributed by atoms with van der Waals surface area (Å²) in [4.78, 5) is 15.6. The molecule has 156 valence electrons. The Balaban J connectivity index is 1.55. The first-order chi connectivity index (χ1) is 14.5. The molecule has 3 heterocycles. The topological polar surface area (TPSA) is 71.4 Å². The monoisotopic (exact) mass is 444 g/mol. The standard InChI is InChI=1S/C22H22Cl2N4O2/c1-14-2-4-28(5-3-14)22-25-11-19(12-26-22)30-21-7-15(13-29)6-20(27-21)16-8-17(23)10-18(24)9-16/h6-12,14,29H,2-5,13H2,1H3. The van der Waals surface area contributed by atoms with Crippen molar-refractivity contribution in [2.24, 2.45) is 5.92 Å². The van der Waals surface area contributed by atoms with E-state index in [1.54, 1.807) is 42.7 Å². The van der Waals surface area contributed by atoms with Crippen molar-refractivity contribution in [3.05, 3.63) is 58.3 Å². The van der Waals surface area contributed by atoms with Gasteiger partial charge in [-0.25, -0.2) is 15.0 Å². The first-order valence-corrected chi connectivity index (χ1v) is 10.6. The van der Waals surface area contributed by atoms with Crippen LogP contribution in [0.3, 0.4) is 0 Å². The molecule has 0 amide bonds. The van der Waals surface area contributed by atoms with Crippen molar-refractivity contribution in [1.29, 1.82) is 0 Å². The van der Waals surface area contributed by atoms with Crippen LogP contribution in [0.15, 0.2) is 42.7 Å². The summed E-state index contributed by atoms with van der Waals surface area (Å²) in [5.74, 6) is 2.26. The van der Waals surface area contributed by atoms with Crippen molar-refractivity contribution < 1.29 is 9.84 Å². The van der Waals surface area contributed by atoms with Gasteiger partial charge in [-0.05, 0) is 48.6 Å². The lowest BCUT2D eigenvalue weighted by molar-refractivity contribution is 0.281. The molecule has 1 fully saturated rings. The number of ether oxygens (including phenoxy) is 1. The van der Waals surface area contributed by atoms with Gasteiger partial charge >= 0.3 is 0 Å². The Morgan fingerprint density at radius 1 is 1.03 bits per heavy atom. The zero-order chi connectivity index (χ0) is 21.1. The van der Waals surface area contributed by atoms with Crippen molar-refractivity contribution in [1.82, 2.24) is 15.0 Å². The first kappa shape index (κ1) is 20.8. The Morgan fingerprint density at radius 2 is 1.70 bits per heavy atom. The Hall–Kier alpha value is -2.41. The molecular weight excluding hydrogens is 423 g/mol. The fourth-order valence-electron chi connectivity index (χ4n) is 3.41. The van der Waals surface area contributed by atoms with Gasteiger partial charge in [0.1, 0.15) is 0 Å².